The highest BCUT2D eigenvalue weighted by atomic mass is 32.1. The molecule has 2 N–H and O–H groups in total. The largest absolute Gasteiger partial charge is 0.356 e. The number of nitrogens with one attached hydrogen (secondary N) is 2. The summed E-state index contributed by atoms with van der Waals surface area (Å²) in [6, 6.07) is 13.0. The molecule has 1 aromatic heterocycles. The van der Waals surface area contributed by atoms with Gasteiger partial charge in [-0.2, -0.15) is 0 Å². The molecule has 0 unspecified atom stereocenters. The molecule has 0 radical (unpaired) electrons. The molecular weight excluding hydrogens is 328 g/mol. The monoisotopic (exact) mass is 358 g/mol. The molecule has 1 heterocycles. The Balaban J connectivity index is 1.84. The van der Waals surface area contributed by atoms with Gasteiger partial charge in [0.15, 0.2) is 5.96 Å². The Hall–Kier alpha value is -1.85. The summed E-state index contributed by atoms with van der Waals surface area (Å²) in [5.74, 6) is 0.835. The van der Waals surface area contributed by atoms with Gasteiger partial charge >= 0.3 is 0 Å². The van der Waals surface area contributed by atoms with E-state index in [0.717, 1.165) is 25.6 Å². The van der Waals surface area contributed by atoms with Crippen molar-refractivity contribution in [2.24, 2.45) is 4.99 Å². The fraction of sp³-hybridized carbons (Fsp3) is 0.450. The first-order valence-electron chi connectivity index (χ1n) is 8.62. The standard InChI is InChI=1S/C20H30N4S/c1-20(2,18-7-6-12-25-18)15-23-19(21-3)22-13-16-8-10-17(11-9-16)14-24(4)5/h6-12H,13-15H2,1-5H3,(H2,21,22,23). The van der Waals surface area contributed by atoms with E-state index in [4.69, 9.17) is 0 Å². The molecule has 0 aliphatic carbocycles. The first-order chi connectivity index (χ1) is 11.9. The first-order valence-corrected chi connectivity index (χ1v) is 9.50. The van der Waals surface area contributed by atoms with Crippen LogP contribution in [-0.2, 0) is 18.5 Å². The summed E-state index contributed by atoms with van der Waals surface area (Å²) in [7, 11) is 5.99. The molecule has 0 saturated heterocycles. The molecule has 136 valence electrons. The minimum atomic E-state index is 0.0830. The molecule has 0 atom stereocenters. The van der Waals surface area contributed by atoms with Crippen molar-refractivity contribution in [3.63, 3.8) is 0 Å². The molecule has 0 saturated carbocycles. The van der Waals surface area contributed by atoms with E-state index >= 15 is 0 Å². The molecule has 2 aromatic rings. The fourth-order valence-corrected chi connectivity index (χ4v) is 3.44. The van der Waals surface area contributed by atoms with E-state index in [0.29, 0.717) is 0 Å². The topological polar surface area (TPSA) is 39.7 Å². The van der Waals surface area contributed by atoms with Gasteiger partial charge in [-0.3, -0.25) is 4.99 Å². The average Bonchev–Trinajstić information content (AvgIpc) is 3.11. The lowest BCUT2D eigenvalue weighted by molar-refractivity contribution is 0.402. The normalized spacial score (nSPS) is 12.5. The van der Waals surface area contributed by atoms with Crippen LogP contribution >= 0.6 is 11.3 Å². The molecule has 2 rings (SSSR count). The van der Waals surface area contributed by atoms with E-state index in [1.54, 1.807) is 11.3 Å². The molecule has 0 aliphatic rings. The van der Waals surface area contributed by atoms with Crippen LogP contribution < -0.4 is 10.6 Å². The lowest BCUT2D eigenvalue weighted by Crippen LogP contribution is -2.42. The van der Waals surface area contributed by atoms with Gasteiger partial charge in [-0.1, -0.05) is 44.2 Å². The summed E-state index contributed by atoms with van der Waals surface area (Å²) in [5, 5.41) is 8.97. The maximum absolute atomic E-state index is 4.34. The van der Waals surface area contributed by atoms with Gasteiger partial charge in [-0.15, -0.1) is 11.3 Å². The number of guanidine groups is 1. The van der Waals surface area contributed by atoms with Crippen molar-refractivity contribution in [1.29, 1.82) is 0 Å². The van der Waals surface area contributed by atoms with Crippen molar-refractivity contribution >= 4 is 17.3 Å². The number of benzene rings is 1. The summed E-state index contributed by atoms with van der Waals surface area (Å²) >= 11 is 1.80. The molecule has 1 aromatic carbocycles. The smallest absolute Gasteiger partial charge is 0.191 e. The van der Waals surface area contributed by atoms with E-state index in [-0.39, 0.29) is 5.41 Å². The minimum Gasteiger partial charge on any atom is -0.356 e. The fourth-order valence-electron chi connectivity index (χ4n) is 2.59. The highest BCUT2D eigenvalue weighted by Crippen LogP contribution is 2.26. The van der Waals surface area contributed by atoms with Gasteiger partial charge in [0.25, 0.3) is 0 Å². The molecule has 0 aliphatic heterocycles. The van der Waals surface area contributed by atoms with Gasteiger partial charge in [-0.05, 0) is 36.7 Å². The zero-order valence-corrected chi connectivity index (χ0v) is 16.8. The van der Waals surface area contributed by atoms with Crippen molar-refractivity contribution in [2.75, 3.05) is 27.7 Å². The molecule has 0 amide bonds. The first kappa shape index (κ1) is 19.5. The Labute approximate surface area is 156 Å². The minimum absolute atomic E-state index is 0.0830. The molecule has 0 bridgehead atoms. The number of hydrogen-bond donors (Lipinski definition) is 2. The number of rotatable bonds is 7. The Kier molecular flexibility index (Phi) is 7.02. The summed E-state index contributed by atoms with van der Waals surface area (Å²) in [5.41, 5.74) is 2.66. The lowest BCUT2D eigenvalue weighted by Gasteiger charge is -2.25. The number of hydrogen-bond acceptors (Lipinski definition) is 3. The highest BCUT2D eigenvalue weighted by molar-refractivity contribution is 7.10. The Bertz CT molecular complexity index is 658. The lowest BCUT2D eigenvalue weighted by atomic mass is 9.91. The Morgan fingerprint density at radius 3 is 2.32 bits per heavy atom. The van der Waals surface area contributed by atoms with Crippen LogP contribution in [-0.4, -0.2) is 38.5 Å². The molecule has 25 heavy (non-hydrogen) atoms. The summed E-state index contributed by atoms with van der Waals surface area (Å²) in [4.78, 5) is 7.89. The van der Waals surface area contributed by atoms with Crippen molar-refractivity contribution in [1.82, 2.24) is 15.5 Å². The van der Waals surface area contributed by atoms with E-state index < -0.39 is 0 Å². The average molecular weight is 359 g/mol. The van der Waals surface area contributed by atoms with Crippen LogP contribution in [0.3, 0.4) is 0 Å². The Morgan fingerprint density at radius 2 is 1.76 bits per heavy atom. The number of nitrogens with zero attached hydrogens (tertiary/aromatic N) is 2. The third-order valence-electron chi connectivity index (χ3n) is 4.09. The van der Waals surface area contributed by atoms with Gasteiger partial charge < -0.3 is 15.5 Å². The van der Waals surface area contributed by atoms with Gasteiger partial charge in [-0.25, -0.2) is 0 Å². The summed E-state index contributed by atoms with van der Waals surface area (Å²) < 4.78 is 0. The molecule has 0 fully saturated rings. The molecule has 5 heteroatoms. The third kappa shape index (κ3) is 6.18. The maximum atomic E-state index is 4.34. The third-order valence-corrected chi connectivity index (χ3v) is 5.33. The summed E-state index contributed by atoms with van der Waals surface area (Å²) in [6.07, 6.45) is 0. The van der Waals surface area contributed by atoms with E-state index in [1.807, 2.05) is 7.05 Å². The second-order valence-corrected chi connectivity index (χ2v) is 8.14. The van der Waals surface area contributed by atoms with Gasteiger partial charge in [0, 0.05) is 37.0 Å². The molecule has 4 nitrogen and oxygen atoms in total. The van der Waals surface area contributed by atoms with E-state index in [9.17, 15) is 0 Å². The van der Waals surface area contributed by atoms with Crippen LogP contribution in [0.4, 0.5) is 0 Å². The van der Waals surface area contributed by atoms with Crippen molar-refractivity contribution in [3.8, 4) is 0 Å². The number of thiophene rings is 1. The Morgan fingerprint density at radius 1 is 1.08 bits per heavy atom. The number of aliphatic imine (C=N–C) groups is 1. The predicted molar refractivity (Wildman–Crippen MR) is 109 cm³/mol. The van der Waals surface area contributed by atoms with Crippen LogP contribution in [0.2, 0.25) is 0 Å². The van der Waals surface area contributed by atoms with E-state index in [2.05, 4.69) is 90.2 Å². The zero-order valence-electron chi connectivity index (χ0n) is 16.0. The van der Waals surface area contributed by atoms with Gasteiger partial charge in [0.1, 0.15) is 0 Å². The SMILES string of the molecule is CN=C(NCc1ccc(CN(C)C)cc1)NCC(C)(C)c1cccs1. The maximum Gasteiger partial charge on any atom is 0.191 e. The summed E-state index contributed by atoms with van der Waals surface area (Å²) in [6.45, 7) is 7.08. The van der Waals surface area contributed by atoms with E-state index in [1.165, 1.54) is 16.0 Å². The van der Waals surface area contributed by atoms with Crippen molar-refractivity contribution in [3.05, 3.63) is 57.8 Å². The quantitative estimate of drug-likeness (QED) is 0.588. The zero-order chi connectivity index (χ0) is 18.3. The van der Waals surface area contributed by atoms with Crippen molar-refractivity contribution < 1.29 is 0 Å². The predicted octanol–water partition coefficient (Wildman–Crippen LogP) is 3.45. The van der Waals surface area contributed by atoms with Crippen molar-refractivity contribution in [2.45, 2.75) is 32.4 Å². The highest BCUT2D eigenvalue weighted by Gasteiger charge is 2.21. The second-order valence-electron chi connectivity index (χ2n) is 7.19. The van der Waals surface area contributed by atoms with Gasteiger partial charge in [0.2, 0.25) is 0 Å². The van der Waals surface area contributed by atoms with Crippen LogP contribution in [0, 0.1) is 0 Å². The van der Waals surface area contributed by atoms with Crippen LogP contribution in [0.25, 0.3) is 0 Å². The van der Waals surface area contributed by atoms with Crippen LogP contribution in [0.5, 0.6) is 0 Å². The molecule has 0 spiro atoms. The van der Waals surface area contributed by atoms with Crippen LogP contribution in [0.15, 0.2) is 46.8 Å². The second kappa shape index (κ2) is 9.02. The van der Waals surface area contributed by atoms with Crippen LogP contribution in [0.1, 0.15) is 29.9 Å². The molecular formula is C20H30N4S. The van der Waals surface area contributed by atoms with Gasteiger partial charge in [0.05, 0.1) is 0 Å².